The van der Waals surface area contributed by atoms with Gasteiger partial charge in [-0.3, -0.25) is 0 Å². The molecule has 1 heterocycles. The molecule has 90 valence electrons. The minimum atomic E-state index is -1.30. The van der Waals surface area contributed by atoms with E-state index in [1.807, 2.05) is 0 Å². The first-order valence-corrected chi connectivity index (χ1v) is 5.89. The maximum atomic E-state index is 11.4. The number of carbonyl (C=O) groups is 1. The molecule has 1 atom stereocenters. The Balaban J connectivity index is 2.30. The van der Waals surface area contributed by atoms with Crippen LogP contribution in [-0.4, -0.2) is 17.4 Å². The van der Waals surface area contributed by atoms with Crippen molar-refractivity contribution in [2.45, 2.75) is 13.2 Å². The Labute approximate surface area is 111 Å². The molecular formula is C11H8BrClO4. The Morgan fingerprint density at radius 1 is 1.53 bits per heavy atom. The summed E-state index contributed by atoms with van der Waals surface area (Å²) >= 11 is 8.85. The van der Waals surface area contributed by atoms with E-state index < -0.39 is 12.3 Å². The number of carbonyl (C=O) groups excluding carboxylic acids is 1. The van der Waals surface area contributed by atoms with Crippen molar-refractivity contribution >= 4 is 33.5 Å². The number of aliphatic hydroxyl groups excluding tert-OH is 1. The van der Waals surface area contributed by atoms with Crippen molar-refractivity contribution in [3.63, 3.8) is 0 Å². The molecule has 1 aromatic rings. The fourth-order valence-electron chi connectivity index (χ4n) is 1.34. The predicted molar refractivity (Wildman–Crippen MR) is 64.9 cm³/mol. The number of aryl methyl sites for hydroxylation is 1. The average Bonchev–Trinajstić information content (AvgIpc) is 2.48. The SMILES string of the molecule is Cc1cc(Cl)ccc1OC1=C(Br)C(O)OC1=O. The predicted octanol–water partition coefficient (Wildman–Crippen LogP) is 2.51. The fourth-order valence-corrected chi connectivity index (χ4v) is 1.91. The minimum absolute atomic E-state index is 0.0528. The van der Waals surface area contributed by atoms with Crippen LogP contribution in [0.15, 0.2) is 28.4 Å². The lowest BCUT2D eigenvalue weighted by atomic mass is 10.2. The van der Waals surface area contributed by atoms with Crippen molar-refractivity contribution in [3.8, 4) is 5.75 Å². The average molecular weight is 320 g/mol. The second kappa shape index (κ2) is 4.68. The molecule has 1 unspecified atom stereocenters. The second-order valence-corrected chi connectivity index (χ2v) is 4.74. The molecule has 0 spiro atoms. The first-order chi connectivity index (χ1) is 7.99. The van der Waals surface area contributed by atoms with Gasteiger partial charge in [-0.25, -0.2) is 4.79 Å². The van der Waals surface area contributed by atoms with E-state index in [-0.39, 0.29) is 10.2 Å². The maximum absolute atomic E-state index is 11.4. The van der Waals surface area contributed by atoms with Gasteiger partial charge >= 0.3 is 5.97 Å². The lowest BCUT2D eigenvalue weighted by Crippen LogP contribution is -2.09. The third-order valence-corrected chi connectivity index (χ3v) is 3.17. The normalized spacial score (nSPS) is 19.5. The molecule has 1 aliphatic heterocycles. The quantitative estimate of drug-likeness (QED) is 0.851. The van der Waals surface area contributed by atoms with E-state index >= 15 is 0 Å². The summed E-state index contributed by atoms with van der Waals surface area (Å²) < 4.78 is 10.1. The third kappa shape index (κ3) is 2.46. The number of ether oxygens (including phenoxy) is 2. The van der Waals surface area contributed by atoms with Gasteiger partial charge in [-0.05, 0) is 46.6 Å². The van der Waals surface area contributed by atoms with E-state index in [0.717, 1.165) is 5.56 Å². The number of aliphatic hydroxyl groups is 1. The Morgan fingerprint density at radius 2 is 2.24 bits per heavy atom. The van der Waals surface area contributed by atoms with Gasteiger partial charge in [0.1, 0.15) is 10.2 Å². The van der Waals surface area contributed by atoms with Crippen LogP contribution in [0.4, 0.5) is 0 Å². The first-order valence-electron chi connectivity index (χ1n) is 4.72. The summed E-state index contributed by atoms with van der Waals surface area (Å²) in [6, 6.07) is 5.00. The number of hydrogen-bond donors (Lipinski definition) is 1. The van der Waals surface area contributed by atoms with Gasteiger partial charge in [0.15, 0.2) is 0 Å². The highest BCUT2D eigenvalue weighted by Crippen LogP contribution is 2.30. The van der Waals surface area contributed by atoms with Crippen LogP contribution in [0.2, 0.25) is 5.02 Å². The molecule has 0 aromatic heterocycles. The Morgan fingerprint density at radius 3 is 2.76 bits per heavy atom. The number of benzene rings is 1. The van der Waals surface area contributed by atoms with Gasteiger partial charge in [-0.15, -0.1) is 0 Å². The Kier molecular flexibility index (Phi) is 3.42. The molecule has 17 heavy (non-hydrogen) atoms. The summed E-state index contributed by atoms with van der Waals surface area (Å²) in [7, 11) is 0. The van der Waals surface area contributed by atoms with E-state index in [1.165, 1.54) is 0 Å². The molecule has 0 saturated heterocycles. The van der Waals surface area contributed by atoms with E-state index in [0.29, 0.717) is 10.8 Å². The van der Waals surface area contributed by atoms with Gasteiger partial charge in [-0.1, -0.05) is 11.6 Å². The van der Waals surface area contributed by atoms with Crippen molar-refractivity contribution in [2.24, 2.45) is 0 Å². The zero-order valence-electron chi connectivity index (χ0n) is 8.74. The van der Waals surface area contributed by atoms with Gasteiger partial charge in [-0.2, -0.15) is 0 Å². The molecule has 6 heteroatoms. The molecule has 0 saturated carbocycles. The second-order valence-electron chi connectivity index (χ2n) is 3.45. The number of cyclic esters (lactones) is 1. The van der Waals surface area contributed by atoms with Crippen LogP contribution in [0.3, 0.4) is 0 Å². The van der Waals surface area contributed by atoms with Crippen LogP contribution in [0.1, 0.15) is 5.56 Å². The molecule has 0 fully saturated rings. The number of rotatable bonds is 2. The van der Waals surface area contributed by atoms with Gasteiger partial charge in [0, 0.05) is 5.02 Å². The summed E-state index contributed by atoms with van der Waals surface area (Å²) in [6.07, 6.45) is -1.30. The highest BCUT2D eigenvalue weighted by atomic mass is 79.9. The van der Waals surface area contributed by atoms with Crippen LogP contribution < -0.4 is 4.74 Å². The molecule has 1 aliphatic rings. The topological polar surface area (TPSA) is 55.8 Å². The van der Waals surface area contributed by atoms with E-state index in [9.17, 15) is 9.90 Å². The minimum Gasteiger partial charge on any atom is -0.448 e. The van der Waals surface area contributed by atoms with Gasteiger partial charge in [0.25, 0.3) is 0 Å². The van der Waals surface area contributed by atoms with Crippen molar-refractivity contribution in [2.75, 3.05) is 0 Å². The number of hydrogen-bond acceptors (Lipinski definition) is 4. The zero-order chi connectivity index (χ0) is 12.6. The first kappa shape index (κ1) is 12.4. The van der Waals surface area contributed by atoms with Crippen molar-refractivity contribution in [3.05, 3.63) is 39.0 Å². The van der Waals surface area contributed by atoms with E-state index in [2.05, 4.69) is 20.7 Å². The molecule has 1 aromatic carbocycles. The van der Waals surface area contributed by atoms with Crippen LogP contribution in [-0.2, 0) is 9.53 Å². The Bertz CT molecular complexity index is 512. The van der Waals surface area contributed by atoms with Gasteiger partial charge in [0.2, 0.25) is 12.0 Å². The van der Waals surface area contributed by atoms with E-state index in [1.54, 1.807) is 25.1 Å². The van der Waals surface area contributed by atoms with Crippen LogP contribution in [0.5, 0.6) is 5.75 Å². The molecule has 0 bridgehead atoms. The molecule has 0 radical (unpaired) electrons. The monoisotopic (exact) mass is 318 g/mol. The lowest BCUT2D eigenvalue weighted by Gasteiger charge is -2.07. The third-order valence-electron chi connectivity index (χ3n) is 2.19. The van der Waals surface area contributed by atoms with Crippen molar-refractivity contribution in [1.29, 1.82) is 0 Å². The Hall–Kier alpha value is -1.04. The number of halogens is 2. The maximum Gasteiger partial charge on any atom is 0.377 e. The summed E-state index contributed by atoms with van der Waals surface area (Å²) in [6.45, 7) is 1.80. The number of esters is 1. The van der Waals surface area contributed by atoms with E-state index in [4.69, 9.17) is 16.3 Å². The van der Waals surface area contributed by atoms with Crippen molar-refractivity contribution < 1.29 is 19.4 Å². The molecule has 4 nitrogen and oxygen atoms in total. The van der Waals surface area contributed by atoms with Crippen LogP contribution in [0.25, 0.3) is 0 Å². The highest BCUT2D eigenvalue weighted by Gasteiger charge is 2.33. The highest BCUT2D eigenvalue weighted by molar-refractivity contribution is 9.11. The van der Waals surface area contributed by atoms with Crippen molar-refractivity contribution in [1.82, 2.24) is 0 Å². The standard InChI is InChI=1S/C11H8BrClO4/c1-5-4-6(13)2-3-7(5)16-9-8(12)10(14)17-11(9)15/h2-4,10,14H,1H3. The smallest absolute Gasteiger partial charge is 0.377 e. The molecule has 2 rings (SSSR count). The van der Waals surface area contributed by atoms with Gasteiger partial charge < -0.3 is 14.6 Å². The van der Waals surface area contributed by atoms with Crippen LogP contribution >= 0.6 is 27.5 Å². The molecule has 0 amide bonds. The molecule has 0 aliphatic carbocycles. The molecule has 1 N–H and O–H groups in total. The summed E-state index contributed by atoms with van der Waals surface area (Å²) in [5.41, 5.74) is 0.777. The summed E-state index contributed by atoms with van der Waals surface area (Å²) in [5.74, 6) is -0.283. The summed E-state index contributed by atoms with van der Waals surface area (Å²) in [5, 5.41) is 9.86. The largest absolute Gasteiger partial charge is 0.448 e. The lowest BCUT2D eigenvalue weighted by molar-refractivity contribution is -0.153. The zero-order valence-corrected chi connectivity index (χ0v) is 11.1. The summed E-state index contributed by atoms with van der Waals surface area (Å²) in [4.78, 5) is 11.4. The molecular weight excluding hydrogens is 311 g/mol. The van der Waals surface area contributed by atoms with Crippen LogP contribution in [0, 0.1) is 6.92 Å². The fraction of sp³-hybridized carbons (Fsp3) is 0.182. The van der Waals surface area contributed by atoms with Gasteiger partial charge in [0.05, 0.1) is 0 Å².